The molecule has 3 rings (SSSR count). The van der Waals surface area contributed by atoms with Crippen molar-refractivity contribution in [1.82, 2.24) is 4.40 Å². The number of benzene rings is 1. The number of alkyl halides is 1. The standard InChI is InChI=1S/C13H7ClFNO4S/c14-7-4-8-6(3-5(7)11(15)18)10(17)9(13(19)20)12-16(8)1-2-21-12/h1-4,11,18H,(H,19,20). The number of carboxylic acids is 1. The average molecular weight is 328 g/mol. The number of hydrogen-bond donors (Lipinski definition) is 2. The van der Waals surface area contributed by atoms with Crippen LogP contribution in [0.5, 0.6) is 0 Å². The smallest absolute Gasteiger partial charge is 0.342 e. The molecule has 1 unspecified atom stereocenters. The van der Waals surface area contributed by atoms with Gasteiger partial charge in [0.15, 0.2) is 0 Å². The molecule has 2 heterocycles. The zero-order valence-corrected chi connectivity index (χ0v) is 11.8. The number of thiazole rings is 1. The molecule has 2 N–H and O–H groups in total. The van der Waals surface area contributed by atoms with Crippen LogP contribution in [-0.2, 0) is 0 Å². The van der Waals surface area contributed by atoms with Gasteiger partial charge in [-0.1, -0.05) is 11.6 Å². The Kier molecular flexibility index (Phi) is 3.20. The molecule has 0 bridgehead atoms. The van der Waals surface area contributed by atoms with Gasteiger partial charge in [0.25, 0.3) is 0 Å². The maximum atomic E-state index is 13.1. The second-order valence-corrected chi connectivity index (χ2v) is 5.62. The first-order valence-electron chi connectivity index (χ1n) is 5.72. The molecule has 0 saturated heterocycles. The zero-order valence-electron chi connectivity index (χ0n) is 10.2. The van der Waals surface area contributed by atoms with Crippen molar-refractivity contribution in [2.75, 3.05) is 0 Å². The lowest BCUT2D eigenvalue weighted by molar-refractivity contribution is 0.0413. The molecule has 108 valence electrons. The normalized spacial score (nSPS) is 12.9. The van der Waals surface area contributed by atoms with E-state index in [9.17, 15) is 19.1 Å². The van der Waals surface area contributed by atoms with Crippen molar-refractivity contribution in [2.45, 2.75) is 6.36 Å². The molecular formula is C13H7ClFNO4S. The highest BCUT2D eigenvalue weighted by molar-refractivity contribution is 7.16. The van der Waals surface area contributed by atoms with Gasteiger partial charge in [0, 0.05) is 22.5 Å². The van der Waals surface area contributed by atoms with Crippen LogP contribution in [0.15, 0.2) is 28.5 Å². The fourth-order valence-electron chi connectivity index (χ4n) is 2.21. The van der Waals surface area contributed by atoms with Crippen molar-refractivity contribution in [2.24, 2.45) is 0 Å². The molecule has 0 amide bonds. The van der Waals surface area contributed by atoms with Crippen LogP contribution in [-0.4, -0.2) is 20.6 Å². The second kappa shape index (κ2) is 4.80. The van der Waals surface area contributed by atoms with E-state index in [0.717, 1.165) is 17.4 Å². The number of carbonyl (C=O) groups is 1. The molecule has 0 aliphatic carbocycles. The van der Waals surface area contributed by atoms with Gasteiger partial charge in [0.1, 0.15) is 10.4 Å². The minimum Gasteiger partial charge on any atom is -0.477 e. The summed E-state index contributed by atoms with van der Waals surface area (Å²) < 4.78 is 14.6. The molecule has 0 radical (unpaired) electrons. The van der Waals surface area contributed by atoms with Gasteiger partial charge in [0.2, 0.25) is 11.8 Å². The van der Waals surface area contributed by atoms with Crippen molar-refractivity contribution in [1.29, 1.82) is 0 Å². The number of rotatable bonds is 2. The lowest BCUT2D eigenvalue weighted by atomic mass is 10.1. The van der Waals surface area contributed by atoms with Crippen molar-refractivity contribution in [3.05, 3.63) is 50.1 Å². The SMILES string of the molecule is O=C(O)c1c(=O)c2cc(C(O)F)c(Cl)cc2n2ccsc12. The van der Waals surface area contributed by atoms with Crippen molar-refractivity contribution in [3.63, 3.8) is 0 Å². The van der Waals surface area contributed by atoms with Crippen LogP contribution in [0, 0.1) is 0 Å². The fourth-order valence-corrected chi connectivity index (χ4v) is 3.34. The number of aromatic nitrogens is 1. The zero-order chi connectivity index (χ0) is 15.3. The summed E-state index contributed by atoms with van der Waals surface area (Å²) in [4.78, 5) is 23.9. The van der Waals surface area contributed by atoms with E-state index >= 15 is 0 Å². The molecule has 3 aromatic rings. The quantitative estimate of drug-likeness (QED) is 0.758. The van der Waals surface area contributed by atoms with E-state index in [4.69, 9.17) is 16.7 Å². The molecule has 0 aliphatic heterocycles. The van der Waals surface area contributed by atoms with Crippen LogP contribution in [0.1, 0.15) is 22.3 Å². The molecule has 0 saturated carbocycles. The Labute approximate surface area is 125 Å². The summed E-state index contributed by atoms with van der Waals surface area (Å²) in [5.74, 6) is -1.36. The number of nitrogens with zero attached hydrogens (tertiary/aromatic N) is 1. The highest BCUT2D eigenvalue weighted by atomic mass is 35.5. The molecule has 8 heteroatoms. The monoisotopic (exact) mass is 327 g/mol. The Balaban J connectivity index is 2.59. The maximum Gasteiger partial charge on any atom is 0.342 e. The molecular weight excluding hydrogens is 321 g/mol. The summed E-state index contributed by atoms with van der Waals surface area (Å²) in [5.41, 5.74) is -1.04. The summed E-state index contributed by atoms with van der Waals surface area (Å²) in [5, 5.41) is 19.8. The van der Waals surface area contributed by atoms with Crippen LogP contribution >= 0.6 is 22.9 Å². The number of fused-ring (bicyclic) bond motifs is 3. The molecule has 21 heavy (non-hydrogen) atoms. The van der Waals surface area contributed by atoms with Gasteiger partial charge >= 0.3 is 5.97 Å². The highest BCUT2D eigenvalue weighted by Gasteiger charge is 2.21. The first-order chi connectivity index (χ1) is 9.91. The molecule has 1 aromatic carbocycles. The van der Waals surface area contributed by atoms with Crippen LogP contribution < -0.4 is 5.43 Å². The number of pyridine rings is 1. The third-order valence-electron chi connectivity index (χ3n) is 3.14. The minimum atomic E-state index is -2.35. The van der Waals surface area contributed by atoms with Crippen LogP contribution in [0.2, 0.25) is 5.02 Å². The number of aliphatic hydroxyl groups is 1. The van der Waals surface area contributed by atoms with Gasteiger partial charge in [-0.15, -0.1) is 11.3 Å². The van der Waals surface area contributed by atoms with Crippen LogP contribution in [0.4, 0.5) is 4.39 Å². The van der Waals surface area contributed by atoms with Crippen LogP contribution in [0.25, 0.3) is 15.7 Å². The third-order valence-corrected chi connectivity index (χ3v) is 4.35. The number of carboxylic acid groups (broad SMARTS) is 1. The first-order valence-corrected chi connectivity index (χ1v) is 6.98. The number of hydrogen-bond acceptors (Lipinski definition) is 4. The minimum absolute atomic E-state index is 0.0144. The molecule has 1 atom stereocenters. The van der Waals surface area contributed by atoms with Gasteiger partial charge in [-0.25, -0.2) is 9.18 Å². The van der Waals surface area contributed by atoms with Gasteiger partial charge in [0.05, 0.1) is 10.5 Å². The first kappa shape index (κ1) is 14.0. The van der Waals surface area contributed by atoms with E-state index in [0.29, 0.717) is 5.52 Å². The van der Waals surface area contributed by atoms with Gasteiger partial charge in [-0.2, -0.15) is 0 Å². The van der Waals surface area contributed by atoms with Gasteiger partial charge in [-0.05, 0) is 12.1 Å². The molecule has 0 fully saturated rings. The molecule has 5 nitrogen and oxygen atoms in total. The van der Waals surface area contributed by atoms with E-state index in [1.807, 2.05) is 0 Å². The van der Waals surface area contributed by atoms with Gasteiger partial charge in [-0.3, -0.25) is 4.79 Å². The summed E-state index contributed by atoms with van der Waals surface area (Å²) in [6.07, 6.45) is -0.756. The number of aromatic carboxylic acids is 1. The average Bonchev–Trinajstić information content (AvgIpc) is 2.86. The number of halogens is 2. The maximum absolute atomic E-state index is 13.1. The predicted octanol–water partition coefficient (Wildman–Crippen LogP) is 2.83. The van der Waals surface area contributed by atoms with E-state index in [1.165, 1.54) is 10.5 Å². The van der Waals surface area contributed by atoms with Crippen molar-refractivity contribution < 1.29 is 19.4 Å². The van der Waals surface area contributed by atoms with E-state index in [1.54, 1.807) is 11.6 Å². The summed E-state index contributed by atoms with van der Waals surface area (Å²) >= 11 is 7.00. The van der Waals surface area contributed by atoms with E-state index in [-0.39, 0.29) is 26.4 Å². The Bertz CT molecular complexity index is 947. The Morgan fingerprint density at radius 1 is 1.43 bits per heavy atom. The lowest BCUT2D eigenvalue weighted by Crippen LogP contribution is -2.17. The Morgan fingerprint density at radius 2 is 2.14 bits per heavy atom. The van der Waals surface area contributed by atoms with E-state index in [2.05, 4.69) is 0 Å². The van der Waals surface area contributed by atoms with Crippen molar-refractivity contribution in [3.8, 4) is 0 Å². The van der Waals surface area contributed by atoms with Crippen molar-refractivity contribution >= 4 is 44.6 Å². The van der Waals surface area contributed by atoms with Crippen LogP contribution in [0.3, 0.4) is 0 Å². The molecule has 0 aliphatic rings. The second-order valence-electron chi connectivity index (χ2n) is 4.31. The lowest BCUT2D eigenvalue weighted by Gasteiger charge is -2.09. The Hall–Kier alpha value is -1.96. The Morgan fingerprint density at radius 3 is 2.76 bits per heavy atom. The number of aliphatic hydroxyl groups excluding tert-OH is 1. The summed E-state index contributed by atoms with van der Waals surface area (Å²) in [6.45, 7) is 0. The highest BCUT2D eigenvalue weighted by Crippen LogP contribution is 2.30. The summed E-state index contributed by atoms with van der Waals surface area (Å²) in [6, 6.07) is 2.42. The largest absolute Gasteiger partial charge is 0.477 e. The summed E-state index contributed by atoms with van der Waals surface area (Å²) in [7, 11) is 0. The van der Waals surface area contributed by atoms with E-state index < -0.39 is 17.8 Å². The third kappa shape index (κ3) is 2.01. The molecule has 0 spiro atoms. The predicted molar refractivity (Wildman–Crippen MR) is 77.1 cm³/mol. The van der Waals surface area contributed by atoms with Gasteiger partial charge < -0.3 is 14.6 Å². The fraction of sp³-hybridized carbons (Fsp3) is 0.0769. The topological polar surface area (TPSA) is 79.0 Å². The molecule has 2 aromatic heterocycles.